The Labute approximate surface area is 141 Å². The van der Waals surface area contributed by atoms with Crippen LogP contribution in [-0.2, 0) is 6.42 Å². The summed E-state index contributed by atoms with van der Waals surface area (Å²) in [7, 11) is 0. The van der Waals surface area contributed by atoms with Gasteiger partial charge in [-0.3, -0.25) is 9.59 Å². The Morgan fingerprint density at radius 1 is 0.955 bits per heavy atom. The first-order chi connectivity index (χ1) is 10.5. The molecule has 0 saturated carbocycles. The Kier molecular flexibility index (Phi) is 3.95. The molecule has 0 radical (unpaired) electrons. The molecule has 0 spiro atoms. The molecule has 0 N–H and O–H groups in total. The second kappa shape index (κ2) is 5.76. The third kappa shape index (κ3) is 2.63. The summed E-state index contributed by atoms with van der Waals surface area (Å²) in [4.78, 5) is 25.0. The van der Waals surface area contributed by atoms with E-state index in [0.29, 0.717) is 17.6 Å². The molecule has 0 atom stereocenters. The van der Waals surface area contributed by atoms with Gasteiger partial charge in [0.25, 0.3) is 0 Å². The first kappa shape index (κ1) is 15.1. The van der Waals surface area contributed by atoms with E-state index in [0.717, 1.165) is 15.2 Å². The molecule has 0 aromatic heterocycles. The van der Waals surface area contributed by atoms with Gasteiger partial charge in [-0.15, -0.1) is 0 Å². The van der Waals surface area contributed by atoms with Gasteiger partial charge < -0.3 is 0 Å². The fourth-order valence-electron chi connectivity index (χ4n) is 2.59. The fourth-order valence-corrected chi connectivity index (χ4v) is 2.95. The minimum absolute atomic E-state index is 0.163. The Morgan fingerprint density at radius 2 is 1.64 bits per heavy atom. The van der Waals surface area contributed by atoms with Crippen LogP contribution in [0.15, 0.2) is 53.6 Å². The van der Waals surface area contributed by atoms with Crippen LogP contribution in [0.25, 0.3) is 0 Å². The number of halogens is 2. The number of rotatable bonds is 2. The van der Waals surface area contributed by atoms with Gasteiger partial charge in [0.2, 0.25) is 0 Å². The van der Waals surface area contributed by atoms with Crippen molar-refractivity contribution < 1.29 is 14.0 Å². The van der Waals surface area contributed by atoms with Gasteiger partial charge in [-0.2, -0.15) is 0 Å². The SMILES string of the molecule is CC1=C(Cc2ccc(I)cc2)C(=O)c2cc(F)ccc2C1=O. The van der Waals surface area contributed by atoms with Crippen molar-refractivity contribution in [2.24, 2.45) is 0 Å². The Balaban J connectivity index is 2.04. The maximum absolute atomic E-state index is 13.4. The zero-order chi connectivity index (χ0) is 15.9. The average molecular weight is 406 g/mol. The van der Waals surface area contributed by atoms with E-state index in [1.54, 1.807) is 6.92 Å². The largest absolute Gasteiger partial charge is 0.289 e. The zero-order valence-electron chi connectivity index (χ0n) is 11.8. The normalized spacial score (nSPS) is 14.3. The van der Waals surface area contributed by atoms with Gasteiger partial charge in [0.1, 0.15) is 5.82 Å². The lowest BCUT2D eigenvalue weighted by Gasteiger charge is -2.19. The monoisotopic (exact) mass is 406 g/mol. The summed E-state index contributed by atoms with van der Waals surface area (Å²) in [6.45, 7) is 1.66. The van der Waals surface area contributed by atoms with Crippen LogP contribution in [0.5, 0.6) is 0 Å². The van der Waals surface area contributed by atoms with Crippen LogP contribution in [0, 0.1) is 9.39 Å². The first-order valence-electron chi connectivity index (χ1n) is 6.80. The maximum Gasteiger partial charge on any atom is 0.190 e. The second-order valence-corrected chi connectivity index (χ2v) is 6.50. The van der Waals surface area contributed by atoms with Gasteiger partial charge in [-0.1, -0.05) is 12.1 Å². The molecule has 0 saturated heterocycles. The summed E-state index contributed by atoms with van der Waals surface area (Å²) in [5.74, 6) is -0.965. The van der Waals surface area contributed by atoms with E-state index in [9.17, 15) is 14.0 Å². The van der Waals surface area contributed by atoms with Crippen LogP contribution >= 0.6 is 22.6 Å². The molecule has 2 nitrogen and oxygen atoms in total. The summed E-state index contributed by atoms with van der Waals surface area (Å²) >= 11 is 2.21. The predicted octanol–water partition coefficient (Wildman–Crippen LogP) is 4.37. The van der Waals surface area contributed by atoms with Crippen molar-refractivity contribution >= 4 is 34.2 Å². The van der Waals surface area contributed by atoms with Gasteiger partial charge in [-0.25, -0.2) is 4.39 Å². The number of hydrogen-bond donors (Lipinski definition) is 0. The number of carbonyl (C=O) groups is 2. The summed E-state index contributed by atoms with van der Waals surface area (Å²) < 4.78 is 14.5. The van der Waals surface area contributed by atoms with Crippen molar-refractivity contribution in [1.82, 2.24) is 0 Å². The van der Waals surface area contributed by atoms with Gasteiger partial charge in [0.05, 0.1) is 0 Å². The molecule has 0 fully saturated rings. The number of ketones is 2. The molecule has 2 aromatic rings. The number of allylic oxidation sites excluding steroid dienone is 2. The lowest BCUT2D eigenvalue weighted by molar-refractivity contribution is 0.0972. The first-order valence-corrected chi connectivity index (χ1v) is 7.88. The number of hydrogen-bond acceptors (Lipinski definition) is 2. The maximum atomic E-state index is 13.4. The van der Waals surface area contributed by atoms with E-state index >= 15 is 0 Å². The van der Waals surface area contributed by atoms with Crippen molar-refractivity contribution in [3.8, 4) is 0 Å². The molecule has 2 aromatic carbocycles. The third-order valence-corrected chi connectivity index (χ3v) is 4.55. The second-order valence-electron chi connectivity index (χ2n) is 5.25. The third-order valence-electron chi connectivity index (χ3n) is 3.83. The predicted molar refractivity (Wildman–Crippen MR) is 90.6 cm³/mol. The molecule has 22 heavy (non-hydrogen) atoms. The number of Topliss-reactive ketones (excluding diaryl/α,β-unsaturated/α-hetero) is 2. The molecule has 0 bridgehead atoms. The van der Waals surface area contributed by atoms with Gasteiger partial charge in [-0.05, 0) is 65.4 Å². The summed E-state index contributed by atoms with van der Waals surface area (Å²) in [6.07, 6.45) is 0.378. The summed E-state index contributed by atoms with van der Waals surface area (Å²) in [6, 6.07) is 11.5. The highest BCUT2D eigenvalue weighted by Gasteiger charge is 2.30. The van der Waals surface area contributed by atoms with E-state index in [1.165, 1.54) is 12.1 Å². The number of benzene rings is 2. The van der Waals surface area contributed by atoms with Crippen molar-refractivity contribution in [2.45, 2.75) is 13.3 Å². The fraction of sp³-hybridized carbons (Fsp3) is 0.111. The standard InChI is InChI=1S/C18H12FIO2/c1-10-15(8-11-2-5-13(20)6-3-11)18(22)16-9-12(19)4-7-14(16)17(10)21/h2-7,9H,8H2,1H3. The molecule has 1 aliphatic rings. The van der Waals surface area contributed by atoms with Gasteiger partial charge >= 0.3 is 0 Å². The van der Waals surface area contributed by atoms with E-state index in [1.807, 2.05) is 24.3 Å². The number of carbonyl (C=O) groups excluding carboxylic acids is 2. The highest BCUT2D eigenvalue weighted by Crippen LogP contribution is 2.29. The average Bonchev–Trinajstić information content (AvgIpc) is 2.51. The smallest absolute Gasteiger partial charge is 0.190 e. The Hall–Kier alpha value is -1.82. The molecular weight excluding hydrogens is 394 g/mol. The quantitative estimate of drug-likeness (QED) is 0.695. The zero-order valence-corrected chi connectivity index (χ0v) is 14.0. The highest BCUT2D eigenvalue weighted by molar-refractivity contribution is 14.1. The van der Waals surface area contributed by atoms with Crippen LogP contribution in [-0.4, -0.2) is 11.6 Å². The van der Waals surface area contributed by atoms with Crippen LogP contribution in [0.2, 0.25) is 0 Å². The minimum atomic E-state index is -0.506. The molecule has 4 heteroatoms. The number of fused-ring (bicyclic) bond motifs is 1. The van der Waals surface area contributed by atoms with E-state index in [-0.39, 0.29) is 22.7 Å². The van der Waals surface area contributed by atoms with Crippen LogP contribution in [0.4, 0.5) is 4.39 Å². The Bertz CT molecular complexity index is 819. The van der Waals surface area contributed by atoms with Gasteiger partial charge in [0, 0.05) is 32.3 Å². The van der Waals surface area contributed by atoms with Crippen LogP contribution in [0.3, 0.4) is 0 Å². The molecule has 0 unspecified atom stereocenters. The lowest BCUT2D eigenvalue weighted by atomic mass is 9.82. The van der Waals surface area contributed by atoms with Crippen molar-refractivity contribution in [3.63, 3.8) is 0 Å². The Morgan fingerprint density at radius 3 is 2.32 bits per heavy atom. The summed E-state index contributed by atoms with van der Waals surface area (Å²) in [5, 5.41) is 0. The van der Waals surface area contributed by atoms with E-state index in [4.69, 9.17) is 0 Å². The minimum Gasteiger partial charge on any atom is -0.289 e. The van der Waals surface area contributed by atoms with Crippen LogP contribution in [0.1, 0.15) is 33.2 Å². The van der Waals surface area contributed by atoms with E-state index in [2.05, 4.69) is 22.6 Å². The molecule has 3 rings (SSSR count). The van der Waals surface area contributed by atoms with Gasteiger partial charge in [0.15, 0.2) is 11.6 Å². The van der Waals surface area contributed by atoms with Crippen molar-refractivity contribution in [1.29, 1.82) is 0 Å². The molecule has 0 amide bonds. The molecule has 110 valence electrons. The molecule has 0 heterocycles. The molecule has 0 aliphatic heterocycles. The molecule has 1 aliphatic carbocycles. The van der Waals surface area contributed by atoms with Crippen molar-refractivity contribution in [3.05, 3.63) is 79.7 Å². The highest BCUT2D eigenvalue weighted by atomic mass is 127. The van der Waals surface area contributed by atoms with Crippen LogP contribution < -0.4 is 0 Å². The van der Waals surface area contributed by atoms with E-state index < -0.39 is 5.82 Å². The summed E-state index contributed by atoms with van der Waals surface area (Å²) in [5.41, 5.74) is 2.30. The topological polar surface area (TPSA) is 34.1 Å². The molecular formula is C18H12FIO2. The van der Waals surface area contributed by atoms with Crippen molar-refractivity contribution in [2.75, 3.05) is 0 Å². The lowest BCUT2D eigenvalue weighted by Crippen LogP contribution is -2.22.